The van der Waals surface area contributed by atoms with Crippen LogP contribution < -0.4 is 0 Å². The first-order valence-corrected chi connectivity index (χ1v) is 10.3. The van der Waals surface area contributed by atoms with E-state index in [2.05, 4.69) is 0 Å². The van der Waals surface area contributed by atoms with Crippen molar-refractivity contribution < 1.29 is 9.46 Å². The van der Waals surface area contributed by atoms with Gasteiger partial charge in [0, 0.05) is 9.79 Å². The third kappa shape index (κ3) is 4.73. The first-order chi connectivity index (χ1) is 8.94. The van der Waals surface area contributed by atoms with Crippen LogP contribution in [0.2, 0.25) is 0 Å². The minimum Gasteiger partial charge on any atom is -0.329 e. The summed E-state index contributed by atoms with van der Waals surface area (Å²) in [6.07, 6.45) is 0. The van der Waals surface area contributed by atoms with Gasteiger partial charge in [0.25, 0.3) is 0 Å². The van der Waals surface area contributed by atoms with E-state index in [0.717, 1.165) is 43.7 Å². The highest BCUT2D eigenvalue weighted by Gasteiger charge is 2.22. The molecule has 0 aliphatic rings. The van der Waals surface area contributed by atoms with Gasteiger partial charge in [0.15, 0.2) is 0 Å². The molecular weight excluding hydrogens is 295 g/mol. The molecule has 2 aromatic carbocycles. The second-order valence-corrected chi connectivity index (χ2v) is 11.3. The van der Waals surface area contributed by atoms with Gasteiger partial charge in [-0.25, -0.2) is 0 Å². The zero-order valence-electron chi connectivity index (χ0n) is 10.7. The molecule has 1 N–H and O–H groups in total. The monoisotopic (exact) mass is 310 g/mol. The van der Waals surface area contributed by atoms with Crippen molar-refractivity contribution in [3.05, 3.63) is 59.7 Å². The SMILES string of the molecule is Cc1cccc(SP(=O)(O)Sc2cccc(C)c2)c1. The maximum Gasteiger partial charge on any atom is 0.319 e. The number of hydrogen-bond acceptors (Lipinski definition) is 3. The molecule has 0 amide bonds. The maximum absolute atomic E-state index is 12.3. The van der Waals surface area contributed by atoms with Crippen LogP contribution in [0.1, 0.15) is 11.1 Å². The summed E-state index contributed by atoms with van der Waals surface area (Å²) in [6, 6.07) is 15.3. The molecule has 0 aliphatic carbocycles. The lowest BCUT2D eigenvalue weighted by molar-refractivity contribution is 0.514. The van der Waals surface area contributed by atoms with Gasteiger partial charge in [-0.2, -0.15) is 0 Å². The molecule has 100 valence electrons. The smallest absolute Gasteiger partial charge is 0.319 e. The molecule has 2 nitrogen and oxygen atoms in total. The molecule has 0 heterocycles. The lowest BCUT2D eigenvalue weighted by Gasteiger charge is -2.10. The van der Waals surface area contributed by atoms with E-state index in [4.69, 9.17) is 0 Å². The van der Waals surface area contributed by atoms with Crippen LogP contribution in [-0.2, 0) is 4.57 Å². The molecule has 0 radical (unpaired) electrons. The zero-order valence-corrected chi connectivity index (χ0v) is 13.3. The van der Waals surface area contributed by atoms with E-state index in [1.807, 2.05) is 62.4 Å². The molecule has 2 aromatic rings. The first-order valence-electron chi connectivity index (χ1n) is 5.80. The lowest BCUT2D eigenvalue weighted by Crippen LogP contribution is -1.77. The number of aryl methyl sites for hydroxylation is 2. The molecule has 0 aromatic heterocycles. The first kappa shape index (κ1) is 14.7. The second-order valence-electron chi connectivity index (χ2n) is 4.28. The fraction of sp³-hybridized carbons (Fsp3) is 0.143. The minimum atomic E-state index is -3.34. The Morgan fingerprint density at radius 3 is 1.68 bits per heavy atom. The van der Waals surface area contributed by atoms with Gasteiger partial charge in [-0.1, -0.05) is 35.4 Å². The predicted molar refractivity (Wildman–Crippen MR) is 83.9 cm³/mol. The van der Waals surface area contributed by atoms with Crippen LogP contribution >= 0.6 is 28.5 Å². The van der Waals surface area contributed by atoms with Crippen LogP contribution in [0.25, 0.3) is 0 Å². The van der Waals surface area contributed by atoms with Gasteiger partial charge < -0.3 is 4.89 Å². The summed E-state index contributed by atoms with van der Waals surface area (Å²) < 4.78 is 12.3. The third-order valence-electron chi connectivity index (χ3n) is 2.42. The van der Waals surface area contributed by atoms with Crippen molar-refractivity contribution in [3.63, 3.8) is 0 Å². The zero-order chi connectivity index (χ0) is 13.9. The fourth-order valence-electron chi connectivity index (χ4n) is 1.63. The van der Waals surface area contributed by atoms with Crippen LogP contribution in [0.4, 0.5) is 0 Å². The quantitative estimate of drug-likeness (QED) is 0.779. The highest BCUT2D eigenvalue weighted by Crippen LogP contribution is 2.70. The van der Waals surface area contributed by atoms with E-state index in [-0.39, 0.29) is 0 Å². The van der Waals surface area contributed by atoms with Crippen molar-refractivity contribution in [2.45, 2.75) is 23.6 Å². The Hall–Kier alpha value is -0.670. The molecule has 0 saturated carbocycles. The highest BCUT2D eigenvalue weighted by molar-refractivity contribution is 8.89. The second kappa shape index (κ2) is 6.19. The van der Waals surface area contributed by atoms with Crippen LogP contribution in [0, 0.1) is 13.8 Å². The topological polar surface area (TPSA) is 37.3 Å². The Morgan fingerprint density at radius 2 is 1.32 bits per heavy atom. The number of benzene rings is 2. The fourth-order valence-corrected chi connectivity index (χ4v) is 7.23. The molecule has 2 rings (SSSR count). The summed E-state index contributed by atoms with van der Waals surface area (Å²) in [6.45, 7) is 3.94. The Labute approximate surface area is 121 Å². The van der Waals surface area contributed by atoms with Crippen molar-refractivity contribution in [1.82, 2.24) is 0 Å². The molecule has 19 heavy (non-hydrogen) atoms. The van der Waals surface area contributed by atoms with E-state index < -0.39 is 5.77 Å². The molecular formula is C14H15O2PS2. The molecule has 0 fully saturated rings. The highest BCUT2D eigenvalue weighted by atomic mass is 33.1. The summed E-state index contributed by atoms with van der Waals surface area (Å²) in [5, 5.41) is 0. The molecule has 0 saturated heterocycles. The Morgan fingerprint density at radius 1 is 0.895 bits per heavy atom. The third-order valence-corrected chi connectivity index (χ3v) is 7.80. The average Bonchev–Trinajstić information content (AvgIpc) is 2.27. The summed E-state index contributed by atoms with van der Waals surface area (Å²) in [5.41, 5.74) is 2.18. The summed E-state index contributed by atoms with van der Waals surface area (Å²) >= 11 is 2.07. The summed E-state index contributed by atoms with van der Waals surface area (Å²) in [4.78, 5) is 11.7. The van der Waals surface area contributed by atoms with E-state index in [9.17, 15) is 9.46 Å². The largest absolute Gasteiger partial charge is 0.329 e. The van der Waals surface area contributed by atoms with Crippen molar-refractivity contribution in [1.29, 1.82) is 0 Å². The van der Waals surface area contributed by atoms with Gasteiger partial charge in [-0.3, -0.25) is 4.57 Å². The molecule has 0 spiro atoms. The van der Waals surface area contributed by atoms with Crippen molar-refractivity contribution >= 4 is 28.5 Å². The predicted octanol–water partition coefficient (Wildman–Crippen LogP) is 5.29. The molecule has 0 atom stereocenters. The normalized spacial score (nSPS) is 11.5. The minimum absolute atomic E-state index is 0.825. The average molecular weight is 310 g/mol. The molecule has 0 unspecified atom stereocenters. The van der Waals surface area contributed by atoms with Crippen LogP contribution in [-0.4, -0.2) is 4.89 Å². The Bertz CT molecular complexity index is 577. The van der Waals surface area contributed by atoms with Gasteiger partial charge in [0.1, 0.15) is 0 Å². The molecule has 0 bridgehead atoms. The van der Waals surface area contributed by atoms with E-state index in [1.54, 1.807) is 0 Å². The summed E-state index contributed by atoms with van der Waals surface area (Å²) in [7, 11) is 0. The van der Waals surface area contributed by atoms with Gasteiger partial charge in [-0.05, 0) is 60.9 Å². The van der Waals surface area contributed by atoms with E-state index in [0.29, 0.717) is 0 Å². The summed E-state index contributed by atoms with van der Waals surface area (Å²) in [5.74, 6) is -3.34. The molecule has 0 aliphatic heterocycles. The number of hydrogen-bond donors (Lipinski definition) is 1. The van der Waals surface area contributed by atoms with Crippen LogP contribution in [0.3, 0.4) is 0 Å². The van der Waals surface area contributed by atoms with Crippen molar-refractivity contribution in [2.24, 2.45) is 0 Å². The van der Waals surface area contributed by atoms with Crippen molar-refractivity contribution in [2.75, 3.05) is 0 Å². The van der Waals surface area contributed by atoms with E-state index in [1.165, 1.54) is 0 Å². The van der Waals surface area contributed by atoms with Crippen LogP contribution in [0.5, 0.6) is 0 Å². The van der Waals surface area contributed by atoms with Crippen molar-refractivity contribution in [3.8, 4) is 0 Å². The Balaban J connectivity index is 2.12. The van der Waals surface area contributed by atoms with Crippen LogP contribution in [0.15, 0.2) is 58.3 Å². The van der Waals surface area contributed by atoms with Gasteiger partial charge >= 0.3 is 5.77 Å². The number of rotatable bonds is 4. The van der Waals surface area contributed by atoms with Gasteiger partial charge in [0.2, 0.25) is 0 Å². The van der Waals surface area contributed by atoms with Gasteiger partial charge in [0.05, 0.1) is 0 Å². The standard InChI is InChI=1S/C14H15O2PS2/c1-11-5-3-7-13(9-11)18-17(15,16)19-14-8-4-6-12(2)10-14/h3-10H,1-2H3,(H,15,16). The lowest BCUT2D eigenvalue weighted by atomic mass is 10.2. The molecule has 5 heteroatoms. The maximum atomic E-state index is 12.3. The van der Waals surface area contributed by atoms with E-state index >= 15 is 0 Å². The van der Waals surface area contributed by atoms with Gasteiger partial charge in [-0.15, -0.1) is 0 Å². The Kier molecular flexibility index (Phi) is 4.80.